The van der Waals surface area contributed by atoms with Gasteiger partial charge in [-0.3, -0.25) is 4.98 Å². The zero-order valence-electron chi connectivity index (χ0n) is 13.8. The van der Waals surface area contributed by atoms with Crippen LogP contribution >= 0.6 is 23.8 Å². The summed E-state index contributed by atoms with van der Waals surface area (Å²) in [7, 11) is 0. The van der Waals surface area contributed by atoms with Crippen molar-refractivity contribution in [1.82, 2.24) is 19.6 Å². The molecule has 0 saturated carbocycles. The van der Waals surface area contributed by atoms with Gasteiger partial charge in [-0.2, -0.15) is 0 Å². The van der Waals surface area contributed by atoms with Gasteiger partial charge < -0.3 is 5.73 Å². The first-order valence-corrected chi connectivity index (χ1v) is 8.70. The SMILES string of the molecule is Cc1cc(-c2cccnc2)c(C(N)=S)c2nc(-c3cccc(Cl)c3)nn12. The molecular formula is C19H14ClN5S. The lowest BCUT2D eigenvalue weighted by Crippen LogP contribution is -2.14. The second-order valence-corrected chi connectivity index (χ2v) is 6.74. The van der Waals surface area contributed by atoms with Crippen molar-refractivity contribution in [3.05, 3.63) is 71.1 Å². The van der Waals surface area contributed by atoms with Crippen LogP contribution in [0.2, 0.25) is 5.02 Å². The summed E-state index contributed by atoms with van der Waals surface area (Å²) in [6.45, 7) is 1.96. The Morgan fingerprint density at radius 2 is 1.96 bits per heavy atom. The molecule has 3 aromatic heterocycles. The number of halogens is 1. The molecule has 5 nitrogen and oxygen atoms in total. The number of nitrogens with zero attached hydrogens (tertiary/aromatic N) is 4. The van der Waals surface area contributed by atoms with Crippen LogP contribution in [0.4, 0.5) is 0 Å². The smallest absolute Gasteiger partial charge is 0.182 e. The van der Waals surface area contributed by atoms with Crippen molar-refractivity contribution >= 4 is 34.5 Å². The third kappa shape index (κ3) is 2.83. The molecule has 0 radical (unpaired) electrons. The number of hydrogen-bond acceptors (Lipinski definition) is 4. The van der Waals surface area contributed by atoms with Crippen molar-refractivity contribution in [2.75, 3.05) is 0 Å². The minimum atomic E-state index is 0.263. The van der Waals surface area contributed by atoms with Crippen molar-refractivity contribution in [2.24, 2.45) is 5.73 Å². The summed E-state index contributed by atoms with van der Waals surface area (Å²) in [4.78, 5) is 9.15. The standard InChI is InChI=1S/C19H14ClN5S/c1-11-8-15(13-5-3-7-22-10-13)16(17(21)26)19-23-18(24-25(11)19)12-4-2-6-14(20)9-12/h2-10H,1H3,(H2,21,26). The number of nitrogens with two attached hydrogens (primary N) is 1. The Morgan fingerprint density at radius 1 is 1.15 bits per heavy atom. The van der Waals surface area contributed by atoms with Crippen molar-refractivity contribution in [2.45, 2.75) is 6.92 Å². The van der Waals surface area contributed by atoms with Crippen LogP contribution in [0, 0.1) is 6.92 Å². The van der Waals surface area contributed by atoms with Gasteiger partial charge in [0.2, 0.25) is 0 Å². The third-order valence-electron chi connectivity index (χ3n) is 4.09. The summed E-state index contributed by atoms with van der Waals surface area (Å²) in [5, 5.41) is 5.25. The molecule has 0 unspecified atom stereocenters. The van der Waals surface area contributed by atoms with Gasteiger partial charge in [-0.05, 0) is 36.8 Å². The highest BCUT2D eigenvalue weighted by molar-refractivity contribution is 7.80. The fraction of sp³-hybridized carbons (Fsp3) is 0.0526. The maximum absolute atomic E-state index is 6.10. The van der Waals surface area contributed by atoms with E-state index in [1.54, 1.807) is 16.9 Å². The van der Waals surface area contributed by atoms with Gasteiger partial charge in [-0.15, -0.1) is 5.10 Å². The Morgan fingerprint density at radius 3 is 2.65 bits per heavy atom. The van der Waals surface area contributed by atoms with Crippen LogP contribution in [0.3, 0.4) is 0 Å². The van der Waals surface area contributed by atoms with E-state index in [1.165, 1.54) is 0 Å². The largest absolute Gasteiger partial charge is 0.389 e. The number of rotatable bonds is 3. The summed E-state index contributed by atoms with van der Waals surface area (Å²) in [5.74, 6) is 0.566. The molecular weight excluding hydrogens is 366 g/mol. The number of aryl methyl sites for hydroxylation is 1. The monoisotopic (exact) mass is 379 g/mol. The number of thiocarbonyl (C=S) groups is 1. The van der Waals surface area contributed by atoms with Crippen LogP contribution in [0.5, 0.6) is 0 Å². The second-order valence-electron chi connectivity index (χ2n) is 5.86. The maximum Gasteiger partial charge on any atom is 0.182 e. The van der Waals surface area contributed by atoms with Gasteiger partial charge in [0.15, 0.2) is 11.5 Å². The van der Waals surface area contributed by atoms with Gasteiger partial charge in [0.25, 0.3) is 0 Å². The molecule has 0 aliphatic rings. The van der Waals surface area contributed by atoms with Crippen molar-refractivity contribution in [3.63, 3.8) is 0 Å². The van der Waals surface area contributed by atoms with Gasteiger partial charge in [0.05, 0.1) is 5.56 Å². The molecule has 26 heavy (non-hydrogen) atoms. The third-order valence-corrected chi connectivity index (χ3v) is 4.53. The Kier molecular flexibility index (Phi) is 4.14. The first kappa shape index (κ1) is 16.6. The molecule has 0 aliphatic heterocycles. The molecule has 0 amide bonds. The summed E-state index contributed by atoms with van der Waals surface area (Å²) in [6.07, 6.45) is 3.50. The Bertz CT molecular complexity index is 1140. The molecule has 128 valence electrons. The summed E-state index contributed by atoms with van der Waals surface area (Å²) in [5.41, 5.74) is 10.9. The van der Waals surface area contributed by atoms with E-state index in [2.05, 4.69) is 10.1 Å². The molecule has 1 aromatic carbocycles. The number of fused-ring (bicyclic) bond motifs is 1. The Hall–Kier alpha value is -2.83. The van der Waals surface area contributed by atoms with Crippen LogP contribution in [0.1, 0.15) is 11.3 Å². The highest BCUT2D eigenvalue weighted by Gasteiger charge is 2.19. The lowest BCUT2D eigenvalue weighted by molar-refractivity contribution is 0.918. The fourth-order valence-corrected chi connectivity index (χ4v) is 3.32. The van der Waals surface area contributed by atoms with Crippen molar-refractivity contribution in [3.8, 4) is 22.5 Å². The van der Waals surface area contributed by atoms with E-state index < -0.39 is 0 Å². The van der Waals surface area contributed by atoms with E-state index in [4.69, 9.17) is 34.5 Å². The second kappa shape index (κ2) is 6.48. The normalized spacial score (nSPS) is 11.0. The van der Waals surface area contributed by atoms with Crippen LogP contribution in [-0.2, 0) is 0 Å². The molecule has 0 bridgehead atoms. The molecule has 2 N–H and O–H groups in total. The summed E-state index contributed by atoms with van der Waals surface area (Å²) >= 11 is 11.4. The summed E-state index contributed by atoms with van der Waals surface area (Å²) in [6, 6.07) is 13.3. The number of hydrogen-bond donors (Lipinski definition) is 1. The fourth-order valence-electron chi connectivity index (χ4n) is 2.93. The van der Waals surface area contributed by atoms with E-state index in [0.29, 0.717) is 22.1 Å². The van der Waals surface area contributed by atoms with E-state index in [9.17, 15) is 0 Å². The number of pyridine rings is 2. The molecule has 0 aliphatic carbocycles. The van der Waals surface area contributed by atoms with E-state index in [1.807, 2.05) is 49.4 Å². The summed E-state index contributed by atoms with van der Waals surface area (Å²) < 4.78 is 1.75. The van der Waals surface area contributed by atoms with E-state index >= 15 is 0 Å². The van der Waals surface area contributed by atoms with Crippen LogP contribution in [0.25, 0.3) is 28.2 Å². The minimum absolute atomic E-state index is 0.263. The van der Waals surface area contributed by atoms with Crippen molar-refractivity contribution in [1.29, 1.82) is 0 Å². The molecule has 3 heterocycles. The van der Waals surface area contributed by atoms with Crippen LogP contribution < -0.4 is 5.73 Å². The Balaban J connectivity index is 2.02. The van der Waals surface area contributed by atoms with Crippen LogP contribution in [-0.4, -0.2) is 24.6 Å². The van der Waals surface area contributed by atoms with Gasteiger partial charge >= 0.3 is 0 Å². The minimum Gasteiger partial charge on any atom is -0.389 e. The first-order chi connectivity index (χ1) is 12.5. The van der Waals surface area contributed by atoms with Gasteiger partial charge in [-0.1, -0.05) is 42.0 Å². The topological polar surface area (TPSA) is 69.1 Å². The molecule has 4 aromatic rings. The van der Waals surface area contributed by atoms with Crippen LogP contribution in [0.15, 0.2) is 54.9 Å². The lowest BCUT2D eigenvalue weighted by atomic mass is 10.0. The lowest BCUT2D eigenvalue weighted by Gasteiger charge is -2.11. The quantitative estimate of drug-likeness (QED) is 0.544. The average Bonchev–Trinajstić information content (AvgIpc) is 3.08. The molecule has 0 saturated heterocycles. The highest BCUT2D eigenvalue weighted by Crippen LogP contribution is 2.29. The predicted molar refractivity (Wildman–Crippen MR) is 107 cm³/mol. The zero-order chi connectivity index (χ0) is 18.3. The molecule has 4 rings (SSSR count). The maximum atomic E-state index is 6.10. The molecule has 0 fully saturated rings. The molecule has 0 spiro atoms. The number of benzene rings is 1. The number of aromatic nitrogens is 4. The average molecular weight is 380 g/mol. The molecule has 7 heteroatoms. The predicted octanol–water partition coefficient (Wildman–Crippen LogP) is 4.05. The van der Waals surface area contributed by atoms with Gasteiger partial charge in [0, 0.05) is 34.2 Å². The van der Waals surface area contributed by atoms with Gasteiger partial charge in [-0.25, -0.2) is 9.50 Å². The van der Waals surface area contributed by atoms with E-state index in [0.717, 1.165) is 22.4 Å². The zero-order valence-corrected chi connectivity index (χ0v) is 15.4. The highest BCUT2D eigenvalue weighted by atomic mass is 35.5. The van der Waals surface area contributed by atoms with Crippen molar-refractivity contribution < 1.29 is 0 Å². The Labute approximate surface area is 160 Å². The van der Waals surface area contributed by atoms with E-state index in [-0.39, 0.29) is 4.99 Å². The van der Waals surface area contributed by atoms with Gasteiger partial charge in [0.1, 0.15) is 4.99 Å². The molecule has 0 atom stereocenters. The first-order valence-electron chi connectivity index (χ1n) is 7.91.